The molecule has 3 aromatic carbocycles. The fourth-order valence-corrected chi connectivity index (χ4v) is 2.45. The predicted octanol–water partition coefficient (Wildman–Crippen LogP) is 5.15. The van der Waals surface area contributed by atoms with Crippen LogP contribution in [0.25, 0.3) is 5.69 Å². The van der Waals surface area contributed by atoms with E-state index >= 15 is 0 Å². The third kappa shape index (κ3) is 4.43. The molecule has 0 spiro atoms. The van der Waals surface area contributed by atoms with Crippen molar-refractivity contribution < 1.29 is 0 Å². The fraction of sp³-hybridized carbons (Fsp3) is 0.0455. The van der Waals surface area contributed by atoms with E-state index < -0.39 is 0 Å². The highest BCUT2D eigenvalue weighted by atomic mass is 15.1. The van der Waals surface area contributed by atoms with E-state index in [1.54, 1.807) is 0 Å². The quantitative estimate of drug-likeness (QED) is 0.511. The highest BCUT2D eigenvalue weighted by Crippen LogP contribution is 2.13. The van der Waals surface area contributed by atoms with Gasteiger partial charge in [0, 0.05) is 24.5 Å². The zero-order valence-corrected chi connectivity index (χ0v) is 13.5. The van der Waals surface area contributed by atoms with Crippen molar-refractivity contribution in [1.29, 1.82) is 0 Å². The summed E-state index contributed by atoms with van der Waals surface area (Å²) in [5.74, 6) is 1.06. The Kier molecular flexibility index (Phi) is 5.57. The summed E-state index contributed by atoms with van der Waals surface area (Å²) < 4.78 is 2.13. The molecule has 4 rings (SSSR count). The lowest BCUT2D eigenvalue weighted by Crippen LogP contribution is -2.01. The molecular formula is C22H20N2. The van der Waals surface area contributed by atoms with Gasteiger partial charge in [0.15, 0.2) is 0 Å². The monoisotopic (exact) mass is 312 g/mol. The van der Waals surface area contributed by atoms with Crippen molar-refractivity contribution in [3.8, 4) is 5.69 Å². The largest absolute Gasteiger partial charge is 0.303 e. The van der Waals surface area contributed by atoms with Crippen LogP contribution in [-0.4, -0.2) is 9.55 Å². The summed E-state index contributed by atoms with van der Waals surface area (Å²) >= 11 is 0. The zero-order chi connectivity index (χ0) is 16.5. The molecule has 2 nitrogen and oxygen atoms in total. The second-order valence-electron chi connectivity index (χ2n) is 5.37. The number of para-hydroxylation sites is 1. The van der Waals surface area contributed by atoms with Gasteiger partial charge in [0.2, 0.25) is 0 Å². The lowest BCUT2D eigenvalue weighted by Gasteiger charge is -2.07. The first-order valence-electron chi connectivity index (χ1n) is 8.05. The minimum atomic E-state index is 0.850. The van der Waals surface area contributed by atoms with Gasteiger partial charge in [-0.1, -0.05) is 84.9 Å². The summed E-state index contributed by atoms with van der Waals surface area (Å²) in [6.07, 6.45) is 4.71. The van der Waals surface area contributed by atoms with E-state index in [4.69, 9.17) is 0 Å². The Morgan fingerprint density at radius 1 is 0.625 bits per heavy atom. The average Bonchev–Trinajstić information content (AvgIpc) is 3.13. The maximum absolute atomic E-state index is 4.45. The van der Waals surface area contributed by atoms with Crippen LogP contribution in [0.3, 0.4) is 0 Å². The summed E-state index contributed by atoms with van der Waals surface area (Å²) in [5, 5.41) is 0. The van der Waals surface area contributed by atoms with Gasteiger partial charge in [0.25, 0.3) is 0 Å². The molecule has 4 aromatic rings. The Balaban J connectivity index is 0.000000238. The van der Waals surface area contributed by atoms with E-state index in [9.17, 15) is 0 Å². The standard InChI is InChI=1S/C16H14N2.C6H6/c1-3-7-14(8-4-1)13-16-17-11-12-18(16)15-9-5-2-6-10-15;1-2-4-6-5-3-1/h1-12H,13H2;1-6H. The Morgan fingerprint density at radius 3 is 1.71 bits per heavy atom. The summed E-state index contributed by atoms with van der Waals surface area (Å²) in [6, 6.07) is 32.7. The topological polar surface area (TPSA) is 17.8 Å². The third-order valence-electron chi connectivity index (χ3n) is 3.62. The normalized spacial score (nSPS) is 9.83. The van der Waals surface area contributed by atoms with Crippen molar-refractivity contribution in [2.24, 2.45) is 0 Å². The smallest absolute Gasteiger partial charge is 0.117 e. The number of hydrogen-bond donors (Lipinski definition) is 0. The van der Waals surface area contributed by atoms with Crippen LogP contribution in [0.2, 0.25) is 0 Å². The number of rotatable bonds is 3. The number of nitrogens with zero attached hydrogens (tertiary/aromatic N) is 2. The molecular weight excluding hydrogens is 292 g/mol. The van der Waals surface area contributed by atoms with Crippen LogP contribution >= 0.6 is 0 Å². The van der Waals surface area contributed by atoms with E-state index in [1.807, 2.05) is 73.1 Å². The first-order chi connectivity index (χ1) is 11.9. The summed E-state index contributed by atoms with van der Waals surface area (Å²) in [5.41, 5.74) is 2.43. The lowest BCUT2D eigenvalue weighted by atomic mass is 10.1. The molecule has 0 bridgehead atoms. The summed E-state index contributed by atoms with van der Waals surface area (Å²) in [6.45, 7) is 0. The van der Waals surface area contributed by atoms with Crippen LogP contribution in [-0.2, 0) is 6.42 Å². The highest BCUT2D eigenvalue weighted by molar-refractivity contribution is 5.34. The molecule has 1 heterocycles. The van der Waals surface area contributed by atoms with Gasteiger partial charge in [-0.05, 0) is 17.7 Å². The predicted molar refractivity (Wildman–Crippen MR) is 99.3 cm³/mol. The van der Waals surface area contributed by atoms with Gasteiger partial charge in [0.05, 0.1) is 0 Å². The molecule has 0 saturated heterocycles. The van der Waals surface area contributed by atoms with Crippen molar-refractivity contribution in [2.45, 2.75) is 6.42 Å². The number of hydrogen-bond acceptors (Lipinski definition) is 1. The van der Waals surface area contributed by atoms with Crippen molar-refractivity contribution >= 4 is 0 Å². The maximum Gasteiger partial charge on any atom is 0.117 e. The van der Waals surface area contributed by atoms with Gasteiger partial charge in [0.1, 0.15) is 5.82 Å². The molecule has 0 atom stereocenters. The SMILES string of the molecule is c1ccc(Cc2nccn2-c2ccccc2)cc1.c1ccccc1. The van der Waals surface area contributed by atoms with Crippen LogP contribution in [0.15, 0.2) is 109 Å². The molecule has 0 amide bonds. The molecule has 1 aromatic heterocycles. The Labute approximate surface area is 143 Å². The van der Waals surface area contributed by atoms with Crippen LogP contribution in [0, 0.1) is 0 Å². The molecule has 0 aliphatic heterocycles. The second-order valence-corrected chi connectivity index (χ2v) is 5.37. The molecule has 24 heavy (non-hydrogen) atoms. The maximum atomic E-state index is 4.45. The summed E-state index contributed by atoms with van der Waals surface area (Å²) in [7, 11) is 0. The van der Waals surface area contributed by atoms with E-state index in [0.29, 0.717) is 0 Å². The molecule has 0 radical (unpaired) electrons. The van der Waals surface area contributed by atoms with Gasteiger partial charge in [-0.25, -0.2) is 4.98 Å². The number of imidazole rings is 1. The molecule has 0 N–H and O–H groups in total. The van der Waals surface area contributed by atoms with Crippen molar-refractivity contribution in [3.63, 3.8) is 0 Å². The van der Waals surface area contributed by atoms with Crippen molar-refractivity contribution in [3.05, 3.63) is 121 Å². The summed E-state index contributed by atoms with van der Waals surface area (Å²) in [4.78, 5) is 4.45. The van der Waals surface area contributed by atoms with Crippen LogP contribution < -0.4 is 0 Å². The van der Waals surface area contributed by atoms with Gasteiger partial charge < -0.3 is 4.57 Å². The fourth-order valence-electron chi connectivity index (χ4n) is 2.45. The third-order valence-corrected chi connectivity index (χ3v) is 3.62. The number of benzene rings is 3. The van der Waals surface area contributed by atoms with Crippen LogP contribution in [0.1, 0.15) is 11.4 Å². The van der Waals surface area contributed by atoms with Gasteiger partial charge in [-0.15, -0.1) is 0 Å². The van der Waals surface area contributed by atoms with E-state index in [2.05, 4.69) is 45.9 Å². The minimum absolute atomic E-state index is 0.850. The first-order valence-corrected chi connectivity index (χ1v) is 8.05. The van der Waals surface area contributed by atoms with Crippen molar-refractivity contribution in [2.75, 3.05) is 0 Å². The van der Waals surface area contributed by atoms with Crippen LogP contribution in [0.5, 0.6) is 0 Å². The lowest BCUT2D eigenvalue weighted by molar-refractivity contribution is 0.914. The second kappa shape index (κ2) is 8.49. The highest BCUT2D eigenvalue weighted by Gasteiger charge is 2.05. The Bertz CT molecular complexity index is 795. The van der Waals surface area contributed by atoms with E-state index in [0.717, 1.165) is 17.9 Å². The van der Waals surface area contributed by atoms with E-state index in [-0.39, 0.29) is 0 Å². The van der Waals surface area contributed by atoms with Gasteiger partial charge in [-0.3, -0.25) is 0 Å². The van der Waals surface area contributed by atoms with E-state index in [1.165, 1.54) is 5.56 Å². The minimum Gasteiger partial charge on any atom is -0.303 e. The molecule has 0 fully saturated rings. The molecule has 0 aliphatic carbocycles. The Morgan fingerprint density at radius 2 is 1.12 bits per heavy atom. The Hall–Kier alpha value is -3.13. The number of aromatic nitrogens is 2. The average molecular weight is 312 g/mol. The van der Waals surface area contributed by atoms with Crippen molar-refractivity contribution in [1.82, 2.24) is 9.55 Å². The van der Waals surface area contributed by atoms with Gasteiger partial charge >= 0.3 is 0 Å². The molecule has 0 unspecified atom stereocenters. The molecule has 0 aliphatic rings. The molecule has 2 heteroatoms. The molecule has 0 saturated carbocycles. The molecule has 118 valence electrons. The van der Waals surface area contributed by atoms with Gasteiger partial charge in [-0.2, -0.15) is 0 Å². The zero-order valence-electron chi connectivity index (χ0n) is 13.5. The first kappa shape index (κ1) is 15.8. The van der Waals surface area contributed by atoms with Crippen LogP contribution in [0.4, 0.5) is 0 Å².